The first-order chi connectivity index (χ1) is 40.3. The number of hydrogen-bond donors (Lipinski definition) is 0. The van der Waals surface area contributed by atoms with Crippen LogP contribution in [-0.2, 0) is 62.4 Å². The van der Waals surface area contributed by atoms with Gasteiger partial charge in [-0.2, -0.15) is 132 Å². The monoisotopic (exact) mass is 1270 g/mol. The van der Waals surface area contributed by atoms with Gasteiger partial charge < -0.3 is 0 Å². The van der Waals surface area contributed by atoms with Crippen molar-refractivity contribution in [2.75, 3.05) is 0 Å². The van der Waals surface area contributed by atoms with Crippen LogP contribution in [0.4, 0.5) is 111 Å². The lowest BCUT2D eigenvalue weighted by Crippen LogP contribution is -2.75. The van der Waals surface area contributed by atoms with Crippen LogP contribution in [0, 0.1) is 10.1 Å². The van der Waals surface area contributed by atoms with Crippen molar-refractivity contribution >= 4 is 56.0 Å². The van der Waals surface area contributed by atoms with E-state index in [2.05, 4.69) is 0 Å². The number of nitro groups is 1. The number of rotatable bonds is 11. The molecule has 1 aromatic heterocycles. The zero-order chi connectivity index (χ0) is 65.7. The Balaban J connectivity index is 0.000000298. The Morgan fingerprint density at radius 1 is 0.375 bits per heavy atom. The van der Waals surface area contributed by atoms with Crippen LogP contribution in [0.3, 0.4) is 0 Å². The minimum Gasteiger partial charge on any atom is -0.294 e. The maximum absolute atomic E-state index is 14.2. The van der Waals surface area contributed by atoms with Gasteiger partial charge in [-0.3, -0.25) is 19.7 Å². The second-order valence-electron chi connectivity index (χ2n) is 19.4. The number of nitrogens with zero attached hydrogens (tertiary/aromatic N) is 2. The molecule has 1 heterocycles. The number of pyridine rings is 1. The smallest absolute Gasteiger partial charge is 0.294 e. The van der Waals surface area contributed by atoms with Crippen LogP contribution in [0.25, 0.3) is 10.8 Å². The van der Waals surface area contributed by atoms with Crippen molar-refractivity contribution in [2.24, 2.45) is 0 Å². The minimum absolute atomic E-state index is 0.0184. The molecule has 0 bridgehead atoms. The number of benzene rings is 7. The SMILES string of the molecule is FC(F)(F)c1cc([B-](c2cc(C(F)(F)F)cc(C(F)(F)F)c2)(c2cc(C(F)(F)F)cc(C(F)(F)F)c2)c2cc(C(F)(F)F)cc(C(F)(F)F)c2)cc(C(F)(F)F)c1.O=C(Cc1c2ccccc2cc[n+]1CC(=O)c1ccccc1)c1cccc([N+](=O)[O-])c1. The number of hydrogen-bond acceptors (Lipinski definition) is 4. The molecule has 0 fully saturated rings. The van der Waals surface area contributed by atoms with E-state index in [-0.39, 0.29) is 35.8 Å². The molecule has 8 aromatic rings. The lowest BCUT2D eigenvalue weighted by atomic mass is 9.12. The summed E-state index contributed by atoms with van der Waals surface area (Å²) in [5, 5.41) is 12.9. The number of nitro benzene ring substituents is 1. The second kappa shape index (κ2) is 23.6. The van der Waals surface area contributed by atoms with Crippen LogP contribution in [-0.4, -0.2) is 22.6 Å². The quantitative estimate of drug-likeness (QED) is 0.0323. The highest BCUT2D eigenvalue weighted by Crippen LogP contribution is 2.42. The maximum atomic E-state index is 14.2. The number of ketones is 2. The van der Waals surface area contributed by atoms with E-state index in [1.807, 2.05) is 48.5 Å². The van der Waals surface area contributed by atoms with Gasteiger partial charge in [-0.25, -0.2) is 0 Å². The van der Waals surface area contributed by atoms with E-state index < -0.39 is 200 Å². The highest BCUT2D eigenvalue weighted by molar-refractivity contribution is 7.20. The summed E-state index contributed by atoms with van der Waals surface area (Å²) >= 11 is 0. The molecule has 0 radical (unpaired) electrons. The van der Waals surface area contributed by atoms with Gasteiger partial charge in [0.1, 0.15) is 6.15 Å². The zero-order valence-electron chi connectivity index (χ0n) is 43.2. The van der Waals surface area contributed by atoms with Crippen LogP contribution in [0.15, 0.2) is 164 Å². The first kappa shape index (κ1) is 66.6. The number of non-ortho nitro benzene ring substituents is 1. The van der Waals surface area contributed by atoms with Crippen LogP contribution in [0.5, 0.6) is 0 Å². The third-order valence-electron chi connectivity index (χ3n) is 13.6. The molecule has 6 nitrogen and oxygen atoms in total. The molecule has 0 amide bonds. The summed E-state index contributed by atoms with van der Waals surface area (Å²) in [7, 11) is 0. The number of aromatic nitrogens is 1. The Labute approximate surface area is 477 Å². The Kier molecular flexibility index (Phi) is 17.9. The summed E-state index contributed by atoms with van der Waals surface area (Å²) in [4.78, 5) is 36.4. The number of carbonyl (C=O) groups is 2. The van der Waals surface area contributed by atoms with Crippen LogP contribution in [0.1, 0.15) is 70.9 Å². The fourth-order valence-corrected chi connectivity index (χ4v) is 9.65. The Hall–Kier alpha value is -8.93. The van der Waals surface area contributed by atoms with Gasteiger partial charge in [-0.05, 0) is 35.7 Å². The van der Waals surface area contributed by atoms with E-state index in [4.69, 9.17) is 0 Å². The number of alkyl halides is 24. The van der Waals surface area contributed by atoms with Crippen molar-refractivity contribution < 1.29 is 124 Å². The van der Waals surface area contributed by atoms with Gasteiger partial charge in [0.05, 0.1) is 55.9 Å². The predicted molar refractivity (Wildman–Crippen MR) is 266 cm³/mol. The molecule has 31 heteroatoms. The Bertz CT molecular complexity index is 3520. The summed E-state index contributed by atoms with van der Waals surface area (Å²) in [5.74, 6) is -0.314. The molecular weight excluding hydrogens is 1240 g/mol. The molecule has 88 heavy (non-hydrogen) atoms. The van der Waals surface area contributed by atoms with E-state index in [0.717, 1.165) is 10.8 Å². The molecule has 0 aliphatic heterocycles. The summed E-state index contributed by atoms with van der Waals surface area (Å²) in [6.07, 6.45) is -53.0. The van der Waals surface area contributed by atoms with Gasteiger partial charge in [0.15, 0.2) is 17.7 Å². The molecule has 0 saturated heterocycles. The highest BCUT2D eigenvalue weighted by Gasteiger charge is 2.47. The summed E-state index contributed by atoms with van der Waals surface area (Å²) < 4.78 is 343. The minimum atomic E-state index is -6.13. The molecule has 464 valence electrons. The van der Waals surface area contributed by atoms with E-state index in [1.54, 1.807) is 29.0 Å². The van der Waals surface area contributed by atoms with Gasteiger partial charge in [-0.1, -0.05) is 109 Å². The highest BCUT2D eigenvalue weighted by atomic mass is 19.4. The maximum Gasteiger partial charge on any atom is 0.416 e. The molecule has 0 atom stereocenters. The molecule has 0 aliphatic rings. The Morgan fingerprint density at radius 2 is 0.693 bits per heavy atom. The average molecular weight is 1270 g/mol. The van der Waals surface area contributed by atoms with Crippen molar-refractivity contribution in [1.82, 2.24) is 0 Å². The van der Waals surface area contributed by atoms with Gasteiger partial charge in [0.2, 0.25) is 12.3 Å². The molecular formula is C57H31BF24N2O4. The topological polar surface area (TPSA) is 81.2 Å². The van der Waals surface area contributed by atoms with Crippen molar-refractivity contribution in [1.29, 1.82) is 0 Å². The van der Waals surface area contributed by atoms with E-state index in [9.17, 15) is 125 Å². The van der Waals surface area contributed by atoms with Gasteiger partial charge in [0.25, 0.3) is 5.69 Å². The van der Waals surface area contributed by atoms with E-state index in [0.29, 0.717) is 11.3 Å². The van der Waals surface area contributed by atoms with Crippen molar-refractivity contribution in [3.05, 3.63) is 235 Å². The fraction of sp³-hybridized carbons (Fsp3) is 0.175. The number of fused-ring (bicyclic) bond motifs is 1. The third kappa shape index (κ3) is 14.9. The van der Waals surface area contributed by atoms with Gasteiger partial charge >= 0.3 is 49.4 Å². The summed E-state index contributed by atoms with van der Waals surface area (Å²) in [5.41, 5.74) is -28.8. The second-order valence-corrected chi connectivity index (χ2v) is 19.4. The normalized spacial score (nSPS) is 13.0. The van der Waals surface area contributed by atoms with E-state index >= 15 is 0 Å². The molecule has 0 saturated carbocycles. The molecule has 0 aliphatic carbocycles. The molecule has 0 spiro atoms. The first-order valence-corrected chi connectivity index (χ1v) is 24.4. The number of carbonyl (C=O) groups excluding carboxylic acids is 2. The average Bonchev–Trinajstić information content (AvgIpc) is 0.800. The molecule has 0 N–H and O–H groups in total. The summed E-state index contributed by atoms with van der Waals surface area (Å²) in [6.45, 7) is 0.0897. The van der Waals surface area contributed by atoms with E-state index in [1.165, 1.54) is 18.2 Å². The van der Waals surface area contributed by atoms with Crippen molar-refractivity contribution in [3.63, 3.8) is 0 Å². The Morgan fingerprint density at radius 3 is 1.02 bits per heavy atom. The molecule has 8 rings (SSSR count). The largest absolute Gasteiger partial charge is 0.416 e. The standard InChI is InChI=1S/C32H12BF24.C25H19N2O4/c34-25(35,36)13-1-14(26(37,38)39)6-21(5-13)33(22-7-15(27(40,41)42)2-16(8-22)28(43,44)45,23-9-17(29(46,47)48)3-18(10-23)30(49,50)51)24-11-19(31(52,53)54)4-20(12-24)32(55,56)57;28-24(20-10-6-11-21(15-20)27(30)31)16-23-22-12-5-4-7-18(22)13-14-26(23)17-25(29)19-8-2-1-3-9-19/h1-12H;1-15H,16-17H2/q-1;+1. The lowest BCUT2D eigenvalue weighted by molar-refractivity contribution is -0.688. The van der Waals surface area contributed by atoms with Gasteiger partial charge in [-0.15, -0.1) is 0 Å². The zero-order valence-corrected chi connectivity index (χ0v) is 43.2. The van der Waals surface area contributed by atoms with Crippen molar-refractivity contribution in [2.45, 2.75) is 62.4 Å². The molecule has 0 unspecified atom stereocenters. The number of Topliss-reactive ketones (excluding diaryl/α,β-unsaturated/α-hetero) is 2. The summed E-state index contributed by atoms with van der Waals surface area (Å²) in [6, 6.07) is 15.5. The first-order valence-electron chi connectivity index (χ1n) is 24.4. The van der Waals surface area contributed by atoms with Crippen LogP contribution in [0.2, 0.25) is 0 Å². The van der Waals surface area contributed by atoms with Crippen LogP contribution < -0.4 is 26.4 Å². The van der Waals surface area contributed by atoms with Crippen LogP contribution >= 0.6 is 0 Å². The fourth-order valence-electron chi connectivity index (χ4n) is 9.65. The lowest BCUT2D eigenvalue weighted by Gasteiger charge is -2.46. The van der Waals surface area contributed by atoms with Crippen molar-refractivity contribution in [3.8, 4) is 0 Å². The third-order valence-corrected chi connectivity index (χ3v) is 13.6. The number of halogens is 24. The van der Waals surface area contributed by atoms with Gasteiger partial charge in [0, 0.05) is 34.7 Å². The predicted octanol–water partition coefficient (Wildman–Crippen LogP) is 15.6. The molecule has 7 aromatic carbocycles.